The summed E-state index contributed by atoms with van der Waals surface area (Å²) >= 11 is 0. The third kappa shape index (κ3) is 7.54. The molecule has 2 amide bonds. The summed E-state index contributed by atoms with van der Waals surface area (Å²) in [6.07, 6.45) is 3.55. The van der Waals surface area contributed by atoms with E-state index in [0.717, 1.165) is 68.8 Å². The van der Waals surface area contributed by atoms with E-state index in [1.807, 2.05) is 18.7 Å². The number of aryl methyl sites for hydroxylation is 1. The number of hydrogen-bond donors (Lipinski definition) is 2. The summed E-state index contributed by atoms with van der Waals surface area (Å²) in [5.41, 5.74) is 3.20. The van der Waals surface area contributed by atoms with Crippen molar-refractivity contribution in [3.8, 4) is 0 Å². The predicted molar refractivity (Wildman–Crippen MR) is 135 cm³/mol. The largest absolute Gasteiger partial charge is 0.461 e. The van der Waals surface area contributed by atoms with E-state index in [1.54, 1.807) is 6.92 Å². The second kappa shape index (κ2) is 13.1. The van der Waals surface area contributed by atoms with Crippen LogP contribution in [0.3, 0.4) is 0 Å². The molecule has 3 rings (SSSR count). The molecule has 2 N–H and O–H groups in total. The Morgan fingerprint density at radius 2 is 1.86 bits per heavy atom. The van der Waals surface area contributed by atoms with E-state index in [2.05, 4.69) is 27.1 Å². The highest BCUT2D eigenvalue weighted by molar-refractivity contribution is 5.90. The van der Waals surface area contributed by atoms with Gasteiger partial charge in [-0.2, -0.15) is 0 Å². The first-order chi connectivity index (χ1) is 16.8. The summed E-state index contributed by atoms with van der Waals surface area (Å²) in [5.74, 6) is -0.367. The normalized spacial score (nSPS) is 19.5. The summed E-state index contributed by atoms with van der Waals surface area (Å²) < 4.78 is 5.11. The maximum Gasteiger partial charge on any atom is 0.355 e. The summed E-state index contributed by atoms with van der Waals surface area (Å²) in [5, 5.41) is 3.09. The lowest BCUT2D eigenvalue weighted by atomic mass is 9.96. The topological polar surface area (TPSA) is 98.0 Å². The fraction of sp³-hybridized carbons (Fsp3) is 0.731. The van der Waals surface area contributed by atoms with Gasteiger partial charge in [-0.3, -0.25) is 9.59 Å². The lowest BCUT2D eigenvalue weighted by Crippen LogP contribution is -2.46. The molecule has 0 aliphatic carbocycles. The first-order valence-corrected chi connectivity index (χ1v) is 13.1. The number of carbonyl (C=O) groups is 3. The summed E-state index contributed by atoms with van der Waals surface area (Å²) in [4.78, 5) is 47.6. The minimum Gasteiger partial charge on any atom is -0.461 e. The molecule has 1 aromatic rings. The number of esters is 1. The molecule has 9 heteroatoms. The van der Waals surface area contributed by atoms with Crippen LogP contribution in [0.5, 0.6) is 0 Å². The molecule has 2 saturated heterocycles. The van der Waals surface area contributed by atoms with Gasteiger partial charge < -0.3 is 29.7 Å². The Labute approximate surface area is 209 Å². The van der Waals surface area contributed by atoms with Crippen LogP contribution in [-0.4, -0.2) is 103 Å². The highest BCUT2D eigenvalue weighted by atomic mass is 16.5. The summed E-state index contributed by atoms with van der Waals surface area (Å²) in [6.45, 7) is 13.2. The molecule has 2 fully saturated rings. The lowest BCUT2D eigenvalue weighted by molar-refractivity contribution is -0.135. The van der Waals surface area contributed by atoms with E-state index in [1.165, 1.54) is 0 Å². The highest BCUT2D eigenvalue weighted by Gasteiger charge is 2.28. The van der Waals surface area contributed by atoms with Crippen molar-refractivity contribution in [2.45, 2.75) is 52.9 Å². The summed E-state index contributed by atoms with van der Waals surface area (Å²) in [6, 6.07) is 0. The minimum absolute atomic E-state index is 0.0650. The van der Waals surface area contributed by atoms with Crippen LogP contribution in [0.15, 0.2) is 0 Å². The zero-order valence-corrected chi connectivity index (χ0v) is 22.0. The number of nitrogens with zero attached hydrogens (tertiary/aromatic N) is 3. The van der Waals surface area contributed by atoms with Gasteiger partial charge >= 0.3 is 5.97 Å². The van der Waals surface area contributed by atoms with Gasteiger partial charge in [-0.15, -0.1) is 0 Å². The van der Waals surface area contributed by atoms with Crippen LogP contribution in [0.1, 0.15) is 59.9 Å². The molecular formula is C26H43N5O4. The maximum atomic E-state index is 12.9. The lowest BCUT2D eigenvalue weighted by Gasteiger charge is -2.33. The minimum atomic E-state index is -0.362. The first-order valence-electron chi connectivity index (χ1n) is 13.1. The van der Waals surface area contributed by atoms with E-state index in [4.69, 9.17) is 4.74 Å². The van der Waals surface area contributed by atoms with Crippen LogP contribution in [0.2, 0.25) is 0 Å². The number of carbonyl (C=O) groups excluding carboxylic acids is 3. The van der Waals surface area contributed by atoms with Crippen LogP contribution in [0, 0.1) is 19.8 Å². The number of aromatic amines is 1. The van der Waals surface area contributed by atoms with E-state index in [-0.39, 0.29) is 23.7 Å². The fourth-order valence-corrected chi connectivity index (χ4v) is 5.11. The van der Waals surface area contributed by atoms with Gasteiger partial charge in [0.15, 0.2) is 0 Å². The Balaban J connectivity index is 1.42. The zero-order valence-electron chi connectivity index (χ0n) is 22.0. The van der Waals surface area contributed by atoms with Crippen molar-refractivity contribution in [1.29, 1.82) is 0 Å². The number of amides is 2. The molecule has 2 aliphatic heterocycles. The molecule has 196 valence electrons. The third-order valence-electron chi connectivity index (χ3n) is 7.35. The van der Waals surface area contributed by atoms with Crippen molar-refractivity contribution in [1.82, 2.24) is 25.0 Å². The number of H-pyrrole nitrogens is 1. The number of piperazine rings is 1. The van der Waals surface area contributed by atoms with Crippen molar-refractivity contribution in [3.63, 3.8) is 0 Å². The van der Waals surface area contributed by atoms with E-state index in [9.17, 15) is 14.4 Å². The van der Waals surface area contributed by atoms with Crippen molar-refractivity contribution < 1.29 is 19.1 Å². The molecule has 0 bridgehead atoms. The molecule has 2 aliphatic rings. The Hall–Kier alpha value is -2.39. The molecule has 35 heavy (non-hydrogen) atoms. The molecule has 1 atom stereocenters. The van der Waals surface area contributed by atoms with Crippen LogP contribution in [-0.2, 0) is 20.7 Å². The Kier molecular flexibility index (Phi) is 10.2. The van der Waals surface area contributed by atoms with Gasteiger partial charge in [0.25, 0.3) is 0 Å². The number of likely N-dealkylation sites (tertiary alicyclic amines) is 1. The SMILES string of the molecule is CCOC(=O)c1[nH]c(C)c(CCC(=O)N2CCCC(C(=O)NCCCN3CCN(C)CC3)C2)c1C. The number of rotatable bonds is 10. The molecule has 0 radical (unpaired) electrons. The molecular weight excluding hydrogens is 446 g/mol. The van der Waals surface area contributed by atoms with Crippen LogP contribution in [0.25, 0.3) is 0 Å². The van der Waals surface area contributed by atoms with E-state index >= 15 is 0 Å². The maximum absolute atomic E-state index is 12.9. The van der Waals surface area contributed by atoms with Gasteiger partial charge in [0.2, 0.25) is 11.8 Å². The van der Waals surface area contributed by atoms with Gasteiger partial charge in [0, 0.05) is 57.9 Å². The molecule has 1 unspecified atom stereocenters. The van der Waals surface area contributed by atoms with Crippen LogP contribution >= 0.6 is 0 Å². The average molecular weight is 490 g/mol. The first kappa shape index (κ1) is 27.2. The number of ether oxygens (including phenoxy) is 1. The number of piperidine rings is 1. The van der Waals surface area contributed by atoms with Crippen molar-refractivity contribution >= 4 is 17.8 Å². The molecule has 0 spiro atoms. The van der Waals surface area contributed by atoms with Gasteiger partial charge in [-0.25, -0.2) is 4.79 Å². The Morgan fingerprint density at radius 1 is 1.11 bits per heavy atom. The monoisotopic (exact) mass is 489 g/mol. The predicted octanol–water partition coefficient (Wildman–Crippen LogP) is 1.73. The zero-order chi connectivity index (χ0) is 25.4. The van der Waals surface area contributed by atoms with E-state index < -0.39 is 0 Å². The number of likely N-dealkylation sites (N-methyl/N-ethyl adjacent to an activating group) is 1. The van der Waals surface area contributed by atoms with Gasteiger partial charge in [-0.1, -0.05) is 0 Å². The van der Waals surface area contributed by atoms with Crippen molar-refractivity contribution in [2.24, 2.45) is 5.92 Å². The molecule has 9 nitrogen and oxygen atoms in total. The second-order valence-corrected chi connectivity index (χ2v) is 9.92. The standard InChI is InChI=1S/C26H43N5O4/c1-5-35-26(34)24-19(2)22(20(3)28-24)9-10-23(32)31-13-6-8-21(18-31)25(33)27-11-7-12-30-16-14-29(4)15-17-30/h21,28H,5-18H2,1-4H3,(H,27,33). The van der Waals surface area contributed by atoms with Crippen molar-refractivity contribution in [2.75, 3.05) is 66.0 Å². The van der Waals surface area contributed by atoms with Crippen molar-refractivity contribution in [3.05, 3.63) is 22.5 Å². The number of aromatic nitrogens is 1. The highest BCUT2D eigenvalue weighted by Crippen LogP contribution is 2.22. The molecule has 1 aromatic heterocycles. The molecule has 0 aromatic carbocycles. The number of nitrogens with one attached hydrogen (secondary N) is 2. The Morgan fingerprint density at radius 3 is 2.57 bits per heavy atom. The van der Waals surface area contributed by atoms with E-state index in [0.29, 0.717) is 44.8 Å². The molecule has 3 heterocycles. The van der Waals surface area contributed by atoms with Gasteiger partial charge in [-0.05, 0) is 71.2 Å². The second-order valence-electron chi connectivity index (χ2n) is 9.92. The fourth-order valence-electron chi connectivity index (χ4n) is 5.11. The van der Waals surface area contributed by atoms with Gasteiger partial charge in [0.05, 0.1) is 12.5 Å². The quantitative estimate of drug-likeness (QED) is 0.384. The molecule has 0 saturated carbocycles. The third-order valence-corrected chi connectivity index (χ3v) is 7.35. The van der Waals surface area contributed by atoms with Crippen LogP contribution in [0.4, 0.5) is 0 Å². The van der Waals surface area contributed by atoms with Gasteiger partial charge in [0.1, 0.15) is 5.69 Å². The smallest absolute Gasteiger partial charge is 0.355 e. The Bertz CT molecular complexity index is 875. The van der Waals surface area contributed by atoms with Crippen LogP contribution < -0.4 is 5.32 Å². The summed E-state index contributed by atoms with van der Waals surface area (Å²) in [7, 11) is 2.15. The average Bonchev–Trinajstić information content (AvgIpc) is 3.14. The number of hydrogen-bond acceptors (Lipinski definition) is 6.